The quantitative estimate of drug-likeness (QED) is 0.115. The minimum atomic E-state index is -0.748. The molecule has 6 bridgehead atoms. The molecule has 4 aromatic rings. The highest BCUT2D eigenvalue weighted by molar-refractivity contribution is 5.97. The zero-order valence-electron chi connectivity index (χ0n) is 39.1. The lowest BCUT2D eigenvalue weighted by atomic mass is 9.66. The van der Waals surface area contributed by atoms with Crippen molar-refractivity contribution in [3.63, 3.8) is 0 Å². The van der Waals surface area contributed by atoms with Crippen LogP contribution in [0.15, 0.2) is 73.3 Å². The zero-order valence-corrected chi connectivity index (χ0v) is 39.1. The van der Waals surface area contributed by atoms with Gasteiger partial charge in [-0.15, -0.1) is 0 Å². The Kier molecular flexibility index (Phi) is 13.3. The molecular weight excluding hydrogens is 821 g/mol. The predicted molar refractivity (Wildman–Crippen MR) is 252 cm³/mol. The number of aryl methyl sites for hydroxylation is 1. The molecule has 8 rings (SSSR count). The van der Waals surface area contributed by atoms with Gasteiger partial charge in [0.15, 0.2) is 0 Å². The normalized spacial score (nSPS) is 23.6. The number of carbonyl (C=O) groups excluding carboxylic acids is 4. The van der Waals surface area contributed by atoms with Gasteiger partial charge in [0.25, 0.3) is 0 Å². The zero-order chi connectivity index (χ0) is 46.3. The SMILES string of the molecule is C=CC(=O)N1CC[C@H](CN(C)[C@H](C(=O)NC[C@H]2Cc3cc(O)cc(c3)-c3ccc4c(c3)c3c(n4CC)-c4ccccc4[C@H](OC)C3C(C)(C)COC(=O)[C@@H]3CCCN(N3)C2=O)C(C)C)C1. The van der Waals surface area contributed by atoms with Crippen LogP contribution in [0.4, 0.5) is 0 Å². The summed E-state index contributed by atoms with van der Waals surface area (Å²) in [6, 6.07) is 19.1. The van der Waals surface area contributed by atoms with Gasteiger partial charge in [-0.25, -0.2) is 5.43 Å². The molecule has 2 fully saturated rings. The number of nitrogens with zero attached hydrogens (tertiary/aromatic N) is 4. The Morgan fingerprint density at radius 2 is 1.86 bits per heavy atom. The van der Waals surface area contributed by atoms with Gasteiger partial charge in [0.2, 0.25) is 17.7 Å². The Labute approximate surface area is 383 Å². The monoisotopic (exact) mass is 886 g/mol. The number of methoxy groups -OCH3 is 1. The number of ether oxygens (including phenoxy) is 2. The summed E-state index contributed by atoms with van der Waals surface area (Å²) < 4.78 is 15.1. The number of hydrazine groups is 1. The molecule has 13 heteroatoms. The van der Waals surface area contributed by atoms with E-state index in [-0.39, 0.29) is 66.9 Å². The van der Waals surface area contributed by atoms with E-state index in [9.17, 15) is 24.3 Å². The molecule has 0 saturated carbocycles. The number of phenols is 1. The van der Waals surface area contributed by atoms with Crippen molar-refractivity contribution in [2.24, 2.45) is 23.2 Å². The average Bonchev–Trinajstić information content (AvgIpc) is 3.90. The molecule has 4 aliphatic rings. The molecule has 1 aliphatic carbocycles. The maximum atomic E-state index is 14.7. The van der Waals surface area contributed by atoms with E-state index in [0.29, 0.717) is 39.0 Å². The van der Waals surface area contributed by atoms with Gasteiger partial charge >= 0.3 is 5.97 Å². The summed E-state index contributed by atoms with van der Waals surface area (Å²) in [4.78, 5) is 59.1. The smallest absolute Gasteiger partial charge is 0.324 e. The highest BCUT2D eigenvalue weighted by Crippen LogP contribution is 2.57. The second-order valence-corrected chi connectivity index (χ2v) is 19.7. The number of esters is 1. The number of nitrogens with one attached hydrogen (secondary N) is 2. The van der Waals surface area contributed by atoms with Crippen LogP contribution in [-0.2, 0) is 41.6 Å². The number of aromatic hydroxyl groups is 1. The van der Waals surface area contributed by atoms with E-state index in [0.717, 1.165) is 62.9 Å². The number of aromatic nitrogens is 1. The summed E-state index contributed by atoms with van der Waals surface area (Å²) in [6.45, 7) is 17.3. The lowest BCUT2D eigenvalue weighted by Gasteiger charge is -2.43. The molecule has 0 radical (unpaired) electrons. The molecule has 3 aliphatic heterocycles. The van der Waals surface area contributed by atoms with Crippen LogP contribution >= 0.6 is 0 Å². The van der Waals surface area contributed by atoms with E-state index in [1.807, 2.05) is 33.0 Å². The lowest BCUT2D eigenvalue weighted by molar-refractivity contribution is -0.156. The maximum absolute atomic E-state index is 14.7. The molecule has 346 valence electrons. The molecule has 6 atom stereocenters. The van der Waals surface area contributed by atoms with E-state index in [1.165, 1.54) is 11.1 Å². The second-order valence-electron chi connectivity index (χ2n) is 19.7. The van der Waals surface area contributed by atoms with Crippen LogP contribution < -0.4 is 10.7 Å². The number of hydrogen-bond acceptors (Lipinski definition) is 9. The first kappa shape index (κ1) is 46.0. The summed E-state index contributed by atoms with van der Waals surface area (Å²) in [6.07, 6.45) is 3.17. The first-order valence-corrected chi connectivity index (χ1v) is 23.4. The van der Waals surface area contributed by atoms with Gasteiger partial charge < -0.3 is 29.4 Å². The van der Waals surface area contributed by atoms with Crippen LogP contribution in [0.5, 0.6) is 5.75 Å². The van der Waals surface area contributed by atoms with Gasteiger partial charge in [0.1, 0.15) is 11.8 Å². The van der Waals surface area contributed by atoms with E-state index in [4.69, 9.17) is 9.47 Å². The highest BCUT2D eigenvalue weighted by Gasteiger charge is 2.47. The van der Waals surface area contributed by atoms with Gasteiger partial charge in [-0.2, -0.15) is 0 Å². The summed E-state index contributed by atoms with van der Waals surface area (Å²) in [5.74, 6) is -1.65. The van der Waals surface area contributed by atoms with Crippen molar-refractivity contribution in [3.8, 4) is 28.1 Å². The van der Waals surface area contributed by atoms with Crippen LogP contribution in [0.25, 0.3) is 33.3 Å². The Morgan fingerprint density at radius 1 is 1.08 bits per heavy atom. The van der Waals surface area contributed by atoms with Crippen molar-refractivity contribution in [3.05, 3.63) is 90.0 Å². The Morgan fingerprint density at radius 3 is 2.60 bits per heavy atom. The van der Waals surface area contributed by atoms with Gasteiger partial charge in [-0.1, -0.05) is 70.7 Å². The summed E-state index contributed by atoms with van der Waals surface area (Å²) in [5.41, 5.74) is 10.6. The third-order valence-electron chi connectivity index (χ3n) is 14.3. The molecule has 2 saturated heterocycles. The fourth-order valence-electron chi connectivity index (χ4n) is 11.3. The third kappa shape index (κ3) is 8.94. The highest BCUT2D eigenvalue weighted by atomic mass is 16.5. The van der Waals surface area contributed by atoms with E-state index < -0.39 is 29.4 Å². The number of likely N-dealkylation sites (N-methyl/N-ethyl adjacent to an activating group) is 1. The number of carbonyl (C=O) groups is 4. The fraction of sp³-hybridized carbons (Fsp3) is 0.500. The maximum Gasteiger partial charge on any atom is 0.324 e. The number of fused-ring (bicyclic) bond motifs is 8. The number of likely N-dealkylation sites (tertiary alicyclic amines) is 1. The molecule has 13 nitrogen and oxygen atoms in total. The largest absolute Gasteiger partial charge is 0.508 e. The fourth-order valence-corrected chi connectivity index (χ4v) is 11.3. The molecule has 4 heterocycles. The van der Waals surface area contributed by atoms with Crippen molar-refractivity contribution < 1.29 is 33.8 Å². The van der Waals surface area contributed by atoms with Crippen LogP contribution in [0.3, 0.4) is 0 Å². The number of phenolic OH excluding ortho intramolecular Hbond substituents is 1. The van der Waals surface area contributed by atoms with Gasteiger partial charge in [-0.3, -0.25) is 29.1 Å². The topological polar surface area (TPSA) is 146 Å². The number of amides is 3. The summed E-state index contributed by atoms with van der Waals surface area (Å²) in [5, 5.41) is 17.1. The van der Waals surface area contributed by atoms with Crippen LogP contribution in [0.1, 0.15) is 82.6 Å². The van der Waals surface area contributed by atoms with Crippen LogP contribution in [0.2, 0.25) is 0 Å². The van der Waals surface area contributed by atoms with Crippen LogP contribution in [-0.4, -0.2) is 114 Å². The van der Waals surface area contributed by atoms with Crippen molar-refractivity contribution in [2.75, 3.05) is 53.5 Å². The number of benzene rings is 3. The molecule has 3 aromatic carbocycles. The van der Waals surface area contributed by atoms with Crippen molar-refractivity contribution >= 4 is 34.6 Å². The summed E-state index contributed by atoms with van der Waals surface area (Å²) in [7, 11) is 3.69. The van der Waals surface area contributed by atoms with E-state index in [2.05, 4.69) is 84.0 Å². The molecule has 1 aromatic heterocycles. The third-order valence-corrected chi connectivity index (χ3v) is 14.3. The lowest BCUT2D eigenvalue weighted by Crippen LogP contribution is -2.58. The predicted octanol–water partition coefficient (Wildman–Crippen LogP) is 6.83. The van der Waals surface area contributed by atoms with Gasteiger partial charge in [0, 0.05) is 74.2 Å². The molecular formula is C52H66N6O7. The Hall–Kier alpha value is -5.50. The van der Waals surface area contributed by atoms with E-state index in [1.54, 1.807) is 24.1 Å². The first-order chi connectivity index (χ1) is 31.1. The minimum Gasteiger partial charge on any atom is -0.508 e. The van der Waals surface area contributed by atoms with Gasteiger partial charge in [0.05, 0.1) is 30.4 Å². The van der Waals surface area contributed by atoms with E-state index >= 15 is 0 Å². The Bertz CT molecular complexity index is 2480. The Balaban J connectivity index is 1.17. The molecule has 3 N–H and O–H groups in total. The molecule has 3 amide bonds. The summed E-state index contributed by atoms with van der Waals surface area (Å²) >= 11 is 0. The van der Waals surface area contributed by atoms with Crippen molar-refractivity contribution in [1.29, 1.82) is 0 Å². The minimum absolute atomic E-state index is 0.0370. The van der Waals surface area contributed by atoms with Crippen LogP contribution in [0, 0.1) is 23.2 Å². The standard InChI is InChI=1S/C52H66N6O7/c1-9-43(60)56-21-19-32(29-56)28-55(7)46(31(3)4)49(61)53-27-36-23-33-22-35(25-37(59)24-33)34-17-18-42-40(26-34)44-45(48(64-8)39-15-12-11-14-38(39)47(44)57(42)10-2)52(5,6)30-65-51(63)41-16-13-20-58(54-41)50(36)62/h9,11-12,14-15,17-18,22,24-26,31-32,36,41,45-46,48,54,59H,1,10,13,16,19-21,23,27-30H2,2-8H3,(H,53,61)/t32-,36-,41+,45?,46+,48+/m1/s1. The molecule has 1 unspecified atom stereocenters. The average molecular weight is 887 g/mol. The molecule has 0 spiro atoms. The van der Waals surface area contributed by atoms with Crippen molar-refractivity contribution in [2.45, 2.75) is 91.0 Å². The first-order valence-electron chi connectivity index (χ1n) is 23.4. The second kappa shape index (κ2) is 18.8. The number of cyclic esters (lactones) is 1. The number of hydrogen-bond donors (Lipinski definition) is 3. The van der Waals surface area contributed by atoms with Crippen molar-refractivity contribution in [1.82, 2.24) is 30.1 Å². The number of rotatable bonds is 10. The molecule has 65 heavy (non-hydrogen) atoms. The van der Waals surface area contributed by atoms with Gasteiger partial charge in [-0.05, 0) is 110 Å².